The molecule has 0 atom stereocenters. The molecule has 94 valence electrons. The molecule has 0 aromatic heterocycles. The van der Waals surface area contributed by atoms with E-state index in [0.717, 1.165) is 17.6 Å². The second-order valence-corrected chi connectivity index (χ2v) is 5.95. The Hall–Kier alpha value is -0.540. The molecule has 2 nitrogen and oxygen atoms in total. The van der Waals surface area contributed by atoms with Gasteiger partial charge in [-0.15, -0.1) is 0 Å². The zero-order chi connectivity index (χ0) is 12.3. The highest BCUT2D eigenvalue weighted by atomic mass is 79.9. The topological polar surface area (TPSA) is 32.3 Å². The van der Waals surface area contributed by atoms with Crippen LogP contribution in [0.3, 0.4) is 0 Å². The Labute approximate surface area is 112 Å². The van der Waals surface area contributed by atoms with Crippen LogP contribution in [0, 0.1) is 5.41 Å². The van der Waals surface area contributed by atoms with Crippen LogP contribution in [0.5, 0.6) is 5.75 Å². The van der Waals surface area contributed by atoms with E-state index in [0.29, 0.717) is 11.2 Å². The summed E-state index contributed by atoms with van der Waals surface area (Å²) in [5, 5.41) is 13.0. The number of rotatable bonds is 5. The van der Waals surface area contributed by atoms with E-state index >= 15 is 0 Å². The first kappa shape index (κ1) is 12.9. The van der Waals surface area contributed by atoms with Crippen molar-refractivity contribution in [1.29, 1.82) is 0 Å². The summed E-state index contributed by atoms with van der Waals surface area (Å²) in [6, 6.07) is 5.67. The third-order valence-corrected chi connectivity index (χ3v) is 4.64. The van der Waals surface area contributed by atoms with Crippen LogP contribution >= 0.6 is 15.9 Å². The number of phenols is 1. The molecule has 0 bridgehead atoms. The van der Waals surface area contributed by atoms with Crippen molar-refractivity contribution in [3.63, 3.8) is 0 Å². The lowest BCUT2D eigenvalue weighted by Crippen LogP contribution is -2.39. The largest absolute Gasteiger partial charge is 0.507 e. The Morgan fingerprint density at radius 2 is 2.18 bits per heavy atom. The highest BCUT2D eigenvalue weighted by Gasteiger charge is 2.34. The van der Waals surface area contributed by atoms with Crippen molar-refractivity contribution in [2.24, 2.45) is 5.41 Å². The van der Waals surface area contributed by atoms with Crippen LogP contribution in [0.25, 0.3) is 0 Å². The Bertz CT molecular complexity index is 382. The maximum Gasteiger partial charge on any atom is 0.129 e. The van der Waals surface area contributed by atoms with Crippen molar-refractivity contribution in [1.82, 2.24) is 5.32 Å². The van der Waals surface area contributed by atoms with E-state index in [4.69, 9.17) is 0 Å². The molecule has 0 saturated heterocycles. The average Bonchev–Trinajstić information content (AvgIpc) is 2.27. The van der Waals surface area contributed by atoms with Crippen molar-refractivity contribution >= 4 is 15.9 Å². The van der Waals surface area contributed by atoms with Crippen LogP contribution in [0.4, 0.5) is 0 Å². The summed E-state index contributed by atoms with van der Waals surface area (Å²) < 4.78 is 0.769. The van der Waals surface area contributed by atoms with Gasteiger partial charge < -0.3 is 10.4 Å². The molecule has 0 heterocycles. The van der Waals surface area contributed by atoms with Gasteiger partial charge in [-0.1, -0.05) is 19.4 Å². The Balaban J connectivity index is 1.83. The lowest BCUT2D eigenvalue weighted by molar-refractivity contribution is 0.124. The summed E-state index contributed by atoms with van der Waals surface area (Å²) in [5.41, 5.74) is 1.77. The van der Waals surface area contributed by atoms with E-state index in [1.165, 1.54) is 31.2 Å². The van der Waals surface area contributed by atoms with Gasteiger partial charge in [-0.3, -0.25) is 0 Å². The fraction of sp³-hybridized carbons (Fsp3) is 0.571. The monoisotopic (exact) mass is 297 g/mol. The van der Waals surface area contributed by atoms with Crippen molar-refractivity contribution < 1.29 is 5.11 Å². The molecule has 1 aromatic carbocycles. The van der Waals surface area contributed by atoms with Crippen LogP contribution in [-0.4, -0.2) is 11.7 Å². The normalized spacial score (nSPS) is 17.8. The number of hydrogen-bond acceptors (Lipinski definition) is 2. The first-order valence-electron chi connectivity index (χ1n) is 6.33. The molecule has 0 unspecified atom stereocenters. The van der Waals surface area contributed by atoms with Crippen LogP contribution < -0.4 is 5.32 Å². The fourth-order valence-corrected chi connectivity index (χ4v) is 2.89. The second-order valence-electron chi connectivity index (χ2n) is 5.10. The summed E-state index contributed by atoms with van der Waals surface area (Å²) in [6.07, 6.45) is 5.41. The van der Waals surface area contributed by atoms with E-state index in [-0.39, 0.29) is 0 Å². The highest BCUT2D eigenvalue weighted by Crippen LogP contribution is 2.43. The van der Waals surface area contributed by atoms with Crippen LogP contribution in [0.1, 0.15) is 38.2 Å². The average molecular weight is 298 g/mol. The third kappa shape index (κ3) is 3.02. The maximum atomic E-state index is 9.42. The van der Waals surface area contributed by atoms with E-state index < -0.39 is 0 Å². The molecule has 1 aromatic rings. The van der Waals surface area contributed by atoms with Gasteiger partial charge in [0.1, 0.15) is 5.75 Å². The highest BCUT2D eigenvalue weighted by molar-refractivity contribution is 9.10. The van der Waals surface area contributed by atoms with Crippen molar-refractivity contribution in [2.45, 2.75) is 39.2 Å². The predicted molar refractivity (Wildman–Crippen MR) is 74.1 cm³/mol. The molecule has 1 saturated carbocycles. The maximum absolute atomic E-state index is 9.42. The molecule has 1 fully saturated rings. The van der Waals surface area contributed by atoms with Gasteiger partial charge in [0.05, 0.1) is 4.47 Å². The summed E-state index contributed by atoms with van der Waals surface area (Å²) >= 11 is 3.34. The molecule has 2 rings (SSSR count). The lowest BCUT2D eigenvalue weighted by atomic mass is 9.67. The van der Waals surface area contributed by atoms with Gasteiger partial charge in [-0.25, -0.2) is 0 Å². The standard InChI is InChI=1S/C14H20BrNO/c1-2-14(6-3-7-14)10-16-9-11-4-5-13(17)12(15)8-11/h4-5,8,16-17H,2-3,6-7,9-10H2,1H3. The van der Waals surface area contributed by atoms with Crippen molar-refractivity contribution in [3.8, 4) is 5.75 Å². The second kappa shape index (κ2) is 5.40. The van der Waals surface area contributed by atoms with Gasteiger partial charge >= 0.3 is 0 Å². The summed E-state index contributed by atoms with van der Waals surface area (Å²) in [5.74, 6) is 0.303. The number of aromatic hydroxyl groups is 1. The Morgan fingerprint density at radius 1 is 1.41 bits per heavy atom. The molecule has 17 heavy (non-hydrogen) atoms. The van der Waals surface area contributed by atoms with E-state index in [1.54, 1.807) is 6.07 Å². The molecule has 2 N–H and O–H groups in total. The van der Waals surface area contributed by atoms with Gasteiger partial charge in [0, 0.05) is 13.1 Å². The molecule has 3 heteroatoms. The van der Waals surface area contributed by atoms with E-state index in [9.17, 15) is 5.11 Å². The first-order valence-corrected chi connectivity index (χ1v) is 7.13. The van der Waals surface area contributed by atoms with Gasteiger partial charge in [-0.2, -0.15) is 0 Å². The molecule has 0 spiro atoms. The SMILES string of the molecule is CCC1(CNCc2ccc(O)c(Br)c2)CCC1. The quantitative estimate of drug-likeness (QED) is 0.866. The van der Waals surface area contributed by atoms with Gasteiger partial charge in [0.15, 0.2) is 0 Å². The van der Waals surface area contributed by atoms with Gasteiger partial charge in [0.25, 0.3) is 0 Å². The minimum atomic E-state index is 0.303. The summed E-state index contributed by atoms with van der Waals surface area (Å²) in [7, 11) is 0. The smallest absolute Gasteiger partial charge is 0.129 e. The van der Waals surface area contributed by atoms with Crippen molar-refractivity contribution in [3.05, 3.63) is 28.2 Å². The molecule has 1 aliphatic rings. The van der Waals surface area contributed by atoms with Gasteiger partial charge in [0.2, 0.25) is 0 Å². The minimum Gasteiger partial charge on any atom is -0.507 e. The Kier molecular flexibility index (Phi) is 4.10. The number of nitrogens with one attached hydrogen (secondary N) is 1. The van der Waals surface area contributed by atoms with Gasteiger partial charge in [-0.05, 0) is 58.3 Å². The molecule has 0 amide bonds. The number of phenolic OH excluding ortho intramolecular Hbond substituents is 1. The third-order valence-electron chi connectivity index (χ3n) is 4.01. The zero-order valence-corrected chi connectivity index (χ0v) is 11.9. The number of benzene rings is 1. The molecule has 0 aliphatic heterocycles. The lowest BCUT2D eigenvalue weighted by Gasteiger charge is -2.41. The number of halogens is 1. The zero-order valence-electron chi connectivity index (χ0n) is 10.3. The predicted octanol–water partition coefficient (Wildman–Crippen LogP) is 3.82. The van der Waals surface area contributed by atoms with E-state index in [1.807, 2.05) is 12.1 Å². The number of hydrogen-bond donors (Lipinski definition) is 2. The summed E-state index contributed by atoms with van der Waals surface area (Å²) in [4.78, 5) is 0. The van der Waals surface area contributed by atoms with Crippen LogP contribution in [0.2, 0.25) is 0 Å². The molecule has 0 radical (unpaired) electrons. The van der Waals surface area contributed by atoms with E-state index in [2.05, 4.69) is 28.2 Å². The molecule has 1 aliphatic carbocycles. The van der Waals surface area contributed by atoms with Crippen molar-refractivity contribution in [2.75, 3.05) is 6.54 Å². The first-order chi connectivity index (χ1) is 8.15. The Morgan fingerprint density at radius 3 is 2.71 bits per heavy atom. The molecular formula is C14H20BrNO. The summed E-state index contributed by atoms with van der Waals surface area (Å²) in [6.45, 7) is 4.28. The minimum absolute atomic E-state index is 0.303. The van der Waals surface area contributed by atoms with Crippen LogP contribution in [0.15, 0.2) is 22.7 Å². The fourth-order valence-electron chi connectivity index (χ4n) is 2.46. The molecular weight excluding hydrogens is 278 g/mol. The van der Waals surface area contributed by atoms with Crippen LogP contribution in [-0.2, 0) is 6.54 Å².